The van der Waals surface area contributed by atoms with E-state index in [4.69, 9.17) is 0 Å². The number of nitrogens with zero attached hydrogens (tertiary/aromatic N) is 1. The molecule has 0 aliphatic carbocycles. The monoisotopic (exact) mass is 280 g/mol. The van der Waals surface area contributed by atoms with Crippen LogP contribution in [0.15, 0.2) is 30.3 Å². The molecule has 4 heteroatoms. The number of carbonyl (C=O) groups is 1. The fraction of sp³-hybridized carbons (Fsp3) is 0.533. The van der Waals surface area contributed by atoms with Gasteiger partial charge in [0.2, 0.25) is 5.91 Å². The Balaban J connectivity index is 0.00000133. The van der Waals surface area contributed by atoms with E-state index in [1.165, 1.54) is 5.56 Å². The molecule has 1 N–H and O–H groups in total. The average Bonchev–Trinajstić information content (AvgIpc) is 3.10. The molecule has 1 aromatic carbocycles. The van der Waals surface area contributed by atoms with Crippen molar-refractivity contribution in [2.45, 2.75) is 31.2 Å². The first-order valence-corrected chi connectivity index (χ1v) is 6.92. The zero-order valence-electron chi connectivity index (χ0n) is 11.0. The van der Waals surface area contributed by atoms with E-state index in [1.807, 2.05) is 11.0 Å². The molecule has 104 valence electrons. The van der Waals surface area contributed by atoms with E-state index in [0.717, 1.165) is 38.9 Å². The second-order valence-corrected chi connectivity index (χ2v) is 5.33. The van der Waals surface area contributed by atoms with Crippen molar-refractivity contribution in [3.05, 3.63) is 35.9 Å². The molecular weight excluding hydrogens is 260 g/mol. The molecule has 2 aliphatic rings. The highest BCUT2D eigenvalue weighted by Gasteiger charge is 2.32. The molecule has 0 spiro atoms. The molecule has 3 nitrogen and oxygen atoms in total. The Morgan fingerprint density at radius 2 is 2.00 bits per heavy atom. The van der Waals surface area contributed by atoms with E-state index in [9.17, 15) is 4.79 Å². The topological polar surface area (TPSA) is 32.3 Å². The Labute approximate surface area is 120 Å². The zero-order valence-corrected chi connectivity index (χ0v) is 11.9. The van der Waals surface area contributed by atoms with Gasteiger partial charge in [0, 0.05) is 19.0 Å². The highest BCUT2D eigenvalue weighted by Crippen LogP contribution is 2.27. The van der Waals surface area contributed by atoms with Crippen LogP contribution in [-0.2, 0) is 4.79 Å². The summed E-state index contributed by atoms with van der Waals surface area (Å²) in [7, 11) is 0. The maximum absolute atomic E-state index is 12.3. The van der Waals surface area contributed by atoms with Crippen LogP contribution in [0.4, 0.5) is 0 Å². The van der Waals surface area contributed by atoms with E-state index < -0.39 is 0 Å². The lowest BCUT2D eigenvalue weighted by molar-refractivity contribution is -0.132. The molecule has 0 saturated carbocycles. The summed E-state index contributed by atoms with van der Waals surface area (Å²) >= 11 is 0. The van der Waals surface area contributed by atoms with Gasteiger partial charge in [-0.1, -0.05) is 30.3 Å². The third-order valence-corrected chi connectivity index (χ3v) is 4.13. The molecule has 2 atom stereocenters. The highest BCUT2D eigenvalue weighted by molar-refractivity contribution is 5.85. The minimum Gasteiger partial charge on any atom is -0.341 e. The molecule has 2 aliphatic heterocycles. The van der Waals surface area contributed by atoms with Gasteiger partial charge in [0.15, 0.2) is 0 Å². The lowest BCUT2D eigenvalue weighted by Gasteiger charge is -2.20. The molecule has 0 aromatic heterocycles. The van der Waals surface area contributed by atoms with Gasteiger partial charge in [-0.25, -0.2) is 0 Å². The van der Waals surface area contributed by atoms with Crippen molar-refractivity contribution in [1.29, 1.82) is 0 Å². The van der Waals surface area contributed by atoms with Crippen LogP contribution in [0.1, 0.15) is 30.7 Å². The second kappa shape index (κ2) is 6.40. The maximum Gasteiger partial charge on any atom is 0.239 e. The number of likely N-dealkylation sites (tertiary alicyclic amines) is 1. The SMILES string of the molecule is Cl.O=C([C@@H]1CCCN1)N1CCC(c2ccccc2)C1. The number of hydrogen-bond donors (Lipinski definition) is 1. The quantitative estimate of drug-likeness (QED) is 0.901. The van der Waals surface area contributed by atoms with E-state index in [0.29, 0.717) is 11.8 Å². The summed E-state index contributed by atoms with van der Waals surface area (Å²) in [4.78, 5) is 14.3. The Morgan fingerprint density at radius 1 is 1.21 bits per heavy atom. The average molecular weight is 281 g/mol. The van der Waals surface area contributed by atoms with E-state index >= 15 is 0 Å². The molecule has 2 saturated heterocycles. The predicted octanol–water partition coefficient (Wildman–Crippen LogP) is 2.18. The van der Waals surface area contributed by atoms with Crippen molar-refractivity contribution in [3.8, 4) is 0 Å². The molecule has 19 heavy (non-hydrogen) atoms. The molecule has 3 rings (SSSR count). The van der Waals surface area contributed by atoms with Crippen molar-refractivity contribution in [3.63, 3.8) is 0 Å². The third kappa shape index (κ3) is 3.10. The first kappa shape index (κ1) is 14.4. The lowest BCUT2D eigenvalue weighted by Crippen LogP contribution is -2.42. The molecule has 0 bridgehead atoms. The van der Waals surface area contributed by atoms with Crippen LogP contribution in [0, 0.1) is 0 Å². The van der Waals surface area contributed by atoms with E-state index in [2.05, 4.69) is 29.6 Å². The molecule has 1 aromatic rings. The van der Waals surface area contributed by atoms with Crippen molar-refractivity contribution < 1.29 is 4.79 Å². The van der Waals surface area contributed by atoms with Crippen molar-refractivity contribution in [2.75, 3.05) is 19.6 Å². The van der Waals surface area contributed by atoms with E-state index in [-0.39, 0.29) is 18.4 Å². The van der Waals surface area contributed by atoms with Gasteiger partial charge in [0.1, 0.15) is 0 Å². The van der Waals surface area contributed by atoms with Gasteiger partial charge in [-0.05, 0) is 31.4 Å². The van der Waals surface area contributed by atoms with Gasteiger partial charge < -0.3 is 10.2 Å². The number of carbonyl (C=O) groups excluding carboxylic acids is 1. The minimum absolute atomic E-state index is 0. The summed E-state index contributed by atoms with van der Waals surface area (Å²) in [5.74, 6) is 0.836. The summed E-state index contributed by atoms with van der Waals surface area (Å²) in [6, 6.07) is 10.6. The Morgan fingerprint density at radius 3 is 2.68 bits per heavy atom. The number of nitrogens with one attached hydrogen (secondary N) is 1. The number of benzene rings is 1. The van der Waals surface area contributed by atoms with Crippen molar-refractivity contribution >= 4 is 18.3 Å². The maximum atomic E-state index is 12.3. The van der Waals surface area contributed by atoms with Crippen molar-refractivity contribution in [2.24, 2.45) is 0 Å². The van der Waals surface area contributed by atoms with Crippen LogP contribution < -0.4 is 5.32 Å². The fourth-order valence-corrected chi connectivity index (χ4v) is 3.07. The van der Waals surface area contributed by atoms with Gasteiger partial charge in [-0.15, -0.1) is 12.4 Å². The van der Waals surface area contributed by atoms with Crippen LogP contribution in [0.25, 0.3) is 0 Å². The Kier molecular flexibility index (Phi) is 4.83. The minimum atomic E-state index is 0. The fourth-order valence-electron chi connectivity index (χ4n) is 3.07. The molecule has 1 amide bonds. The Hall–Kier alpha value is -1.06. The zero-order chi connectivity index (χ0) is 12.4. The van der Waals surface area contributed by atoms with Crippen LogP contribution in [0.2, 0.25) is 0 Å². The molecule has 2 fully saturated rings. The highest BCUT2D eigenvalue weighted by atomic mass is 35.5. The second-order valence-electron chi connectivity index (χ2n) is 5.33. The van der Waals surface area contributed by atoms with Gasteiger partial charge in [0.05, 0.1) is 6.04 Å². The van der Waals surface area contributed by atoms with Crippen molar-refractivity contribution in [1.82, 2.24) is 10.2 Å². The van der Waals surface area contributed by atoms with Gasteiger partial charge in [0.25, 0.3) is 0 Å². The first-order chi connectivity index (χ1) is 8.84. The number of halogens is 1. The lowest BCUT2D eigenvalue weighted by atomic mass is 9.99. The molecule has 0 radical (unpaired) electrons. The van der Waals surface area contributed by atoms with E-state index in [1.54, 1.807) is 0 Å². The smallest absolute Gasteiger partial charge is 0.239 e. The Bertz CT molecular complexity index is 417. The predicted molar refractivity (Wildman–Crippen MR) is 78.7 cm³/mol. The van der Waals surface area contributed by atoms with Crippen LogP contribution in [0.3, 0.4) is 0 Å². The van der Waals surface area contributed by atoms with Gasteiger partial charge in [-0.2, -0.15) is 0 Å². The molecule has 2 heterocycles. The number of hydrogen-bond acceptors (Lipinski definition) is 2. The van der Waals surface area contributed by atoms with Gasteiger partial charge >= 0.3 is 0 Å². The largest absolute Gasteiger partial charge is 0.341 e. The summed E-state index contributed by atoms with van der Waals surface area (Å²) in [6.45, 7) is 2.80. The first-order valence-electron chi connectivity index (χ1n) is 6.92. The summed E-state index contributed by atoms with van der Waals surface area (Å²) in [6.07, 6.45) is 3.24. The number of rotatable bonds is 2. The molecule has 1 unspecified atom stereocenters. The van der Waals surface area contributed by atoms with Gasteiger partial charge in [-0.3, -0.25) is 4.79 Å². The molecular formula is C15H21ClN2O. The number of amides is 1. The van der Waals surface area contributed by atoms with Crippen LogP contribution in [0.5, 0.6) is 0 Å². The summed E-state index contributed by atoms with van der Waals surface area (Å²) < 4.78 is 0. The summed E-state index contributed by atoms with van der Waals surface area (Å²) in [5, 5.41) is 3.30. The van der Waals surface area contributed by atoms with Crippen LogP contribution in [-0.4, -0.2) is 36.5 Å². The standard InChI is InChI=1S/C15H20N2O.ClH/c18-15(14-7-4-9-16-14)17-10-8-13(11-17)12-5-2-1-3-6-12;/h1-3,5-6,13-14,16H,4,7-11H2;1H/t13?,14-;/m0./s1. The third-order valence-electron chi connectivity index (χ3n) is 4.13. The normalized spacial score (nSPS) is 26.2. The summed E-state index contributed by atoms with van der Waals surface area (Å²) in [5.41, 5.74) is 1.37. The van der Waals surface area contributed by atoms with Crippen LogP contribution >= 0.6 is 12.4 Å².